The van der Waals surface area contributed by atoms with Gasteiger partial charge in [-0.3, -0.25) is 0 Å². The van der Waals surface area contributed by atoms with Crippen molar-refractivity contribution in [1.82, 2.24) is 0 Å². The minimum atomic E-state index is -2.52. The number of aryl methyl sites for hydroxylation is 1. The number of alkyl halides is 2. The van der Waals surface area contributed by atoms with E-state index in [1.807, 2.05) is 59.7 Å². The predicted molar refractivity (Wildman–Crippen MR) is 88.4 cm³/mol. The van der Waals surface area contributed by atoms with E-state index in [1.165, 1.54) is 0 Å². The lowest BCUT2D eigenvalue weighted by molar-refractivity contribution is -0.120. The first-order valence-electron chi connectivity index (χ1n) is 8.20. The van der Waals surface area contributed by atoms with Crippen molar-refractivity contribution in [3.63, 3.8) is 0 Å². The second-order valence-electron chi connectivity index (χ2n) is 8.43. The highest BCUT2D eigenvalue weighted by Crippen LogP contribution is 2.53. The molecule has 2 fully saturated rings. The lowest BCUT2D eigenvalue weighted by atomic mass is 9.62. The van der Waals surface area contributed by atoms with E-state index >= 15 is 0 Å². The molecule has 1 saturated heterocycles. The van der Waals surface area contributed by atoms with Crippen molar-refractivity contribution in [1.29, 1.82) is 0 Å². The summed E-state index contributed by atoms with van der Waals surface area (Å²) < 4.78 is 38.7. The topological polar surface area (TPSA) is 18.5 Å². The fourth-order valence-corrected chi connectivity index (χ4v) is 3.58. The van der Waals surface area contributed by atoms with Crippen LogP contribution in [0.2, 0.25) is 0 Å². The van der Waals surface area contributed by atoms with Crippen LogP contribution >= 0.6 is 0 Å². The number of hydrogen-bond acceptors (Lipinski definition) is 2. The van der Waals surface area contributed by atoms with Crippen molar-refractivity contribution >= 4 is 12.6 Å². The van der Waals surface area contributed by atoms with Crippen LogP contribution in [0.1, 0.15) is 58.6 Å². The van der Waals surface area contributed by atoms with E-state index < -0.39 is 18.5 Å². The molecule has 0 N–H and O–H groups in total. The smallest absolute Gasteiger partial charge is 0.399 e. The lowest BCUT2D eigenvalue weighted by Gasteiger charge is -2.45. The molecule has 0 bridgehead atoms. The van der Waals surface area contributed by atoms with Gasteiger partial charge in [0.25, 0.3) is 0 Å². The molecule has 0 aromatic heterocycles. The largest absolute Gasteiger partial charge is 0.495 e. The van der Waals surface area contributed by atoms with Crippen LogP contribution in [0.15, 0.2) is 18.2 Å². The normalized spacial score (nSPS) is 26.9. The summed E-state index contributed by atoms with van der Waals surface area (Å²) in [7, 11) is -0.412. The molecule has 1 aliphatic carbocycles. The Bertz CT molecular complexity index is 616. The van der Waals surface area contributed by atoms with Crippen molar-refractivity contribution < 1.29 is 18.1 Å². The Morgan fingerprint density at radius 2 is 1.48 bits per heavy atom. The van der Waals surface area contributed by atoms with E-state index in [0.29, 0.717) is 0 Å². The third kappa shape index (κ3) is 2.72. The lowest BCUT2D eigenvalue weighted by Crippen LogP contribution is -2.47. The summed E-state index contributed by atoms with van der Waals surface area (Å²) in [6.45, 7) is 12.0. The maximum Gasteiger partial charge on any atom is 0.495 e. The number of rotatable bonds is 2. The Kier molecular flexibility index (Phi) is 3.52. The second kappa shape index (κ2) is 4.79. The molecule has 0 radical (unpaired) electrons. The molecule has 0 atom stereocenters. The van der Waals surface area contributed by atoms with Crippen LogP contribution in [-0.4, -0.2) is 24.2 Å². The van der Waals surface area contributed by atoms with Crippen molar-refractivity contribution in [2.24, 2.45) is 0 Å². The van der Waals surface area contributed by atoms with Gasteiger partial charge in [-0.1, -0.05) is 30.7 Å². The summed E-state index contributed by atoms with van der Waals surface area (Å²) in [4.78, 5) is 0. The first-order chi connectivity index (χ1) is 10.4. The summed E-state index contributed by atoms with van der Waals surface area (Å²) in [5, 5.41) is 0. The van der Waals surface area contributed by atoms with Gasteiger partial charge in [0, 0.05) is 18.3 Å². The molecule has 0 amide bonds. The van der Waals surface area contributed by atoms with E-state index in [9.17, 15) is 8.78 Å². The third-order valence-corrected chi connectivity index (χ3v) is 5.77. The van der Waals surface area contributed by atoms with Crippen molar-refractivity contribution in [2.75, 3.05) is 0 Å². The molecule has 1 aromatic rings. The Morgan fingerprint density at radius 3 is 1.91 bits per heavy atom. The van der Waals surface area contributed by atoms with Gasteiger partial charge in [-0.05, 0) is 45.6 Å². The Labute approximate surface area is 137 Å². The van der Waals surface area contributed by atoms with Crippen molar-refractivity contribution in [3.05, 3.63) is 29.3 Å². The third-order valence-electron chi connectivity index (χ3n) is 5.77. The molecule has 1 aliphatic heterocycles. The zero-order chi connectivity index (χ0) is 17.3. The minimum Gasteiger partial charge on any atom is -0.399 e. The standard InChI is InChI=1S/C18H25BF2O2/c1-12-9-13(17(6)10-18(20,21)11-17)7-8-14(12)19-22-15(2,3)16(4,5)23-19/h7-9H,10-11H2,1-6H3. The maximum atomic E-state index is 13.3. The number of hydrogen-bond donors (Lipinski definition) is 0. The molecule has 3 rings (SSSR count). The van der Waals surface area contributed by atoms with Crippen LogP contribution < -0.4 is 5.46 Å². The van der Waals surface area contributed by atoms with Gasteiger partial charge in [0.2, 0.25) is 5.92 Å². The SMILES string of the molecule is Cc1cc(C2(C)CC(F)(F)C2)ccc1B1OC(C)(C)C(C)(C)O1. The van der Waals surface area contributed by atoms with E-state index in [4.69, 9.17) is 9.31 Å². The molecule has 2 nitrogen and oxygen atoms in total. The van der Waals surface area contributed by atoms with Gasteiger partial charge < -0.3 is 9.31 Å². The fraction of sp³-hybridized carbons (Fsp3) is 0.667. The predicted octanol–water partition coefficient (Wildman–Crippen LogP) is 3.98. The summed E-state index contributed by atoms with van der Waals surface area (Å²) in [6, 6.07) is 5.92. The van der Waals surface area contributed by atoms with Crippen LogP contribution in [-0.2, 0) is 14.7 Å². The molecular weight excluding hydrogens is 297 g/mol. The number of benzene rings is 1. The van der Waals surface area contributed by atoms with Gasteiger partial charge in [-0.25, -0.2) is 8.78 Å². The van der Waals surface area contributed by atoms with Gasteiger partial charge in [0.15, 0.2) is 0 Å². The van der Waals surface area contributed by atoms with Gasteiger partial charge in [0.05, 0.1) is 11.2 Å². The average Bonchev–Trinajstić information content (AvgIpc) is 2.55. The zero-order valence-corrected chi connectivity index (χ0v) is 14.8. The minimum absolute atomic E-state index is 0.0741. The van der Waals surface area contributed by atoms with Gasteiger partial charge in [0.1, 0.15) is 0 Å². The molecule has 0 spiro atoms. The van der Waals surface area contributed by atoms with Crippen LogP contribution in [0.4, 0.5) is 8.78 Å². The number of halogens is 2. The molecule has 1 aromatic carbocycles. The summed E-state index contributed by atoms with van der Waals surface area (Å²) in [5.41, 5.74) is 1.78. The first kappa shape index (κ1) is 16.9. The monoisotopic (exact) mass is 322 g/mol. The van der Waals surface area contributed by atoms with Gasteiger partial charge in [-0.15, -0.1) is 0 Å². The van der Waals surface area contributed by atoms with Gasteiger partial charge >= 0.3 is 7.12 Å². The van der Waals surface area contributed by atoms with Crippen LogP contribution in [0.3, 0.4) is 0 Å². The first-order valence-corrected chi connectivity index (χ1v) is 8.20. The quantitative estimate of drug-likeness (QED) is 0.767. The summed E-state index contributed by atoms with van der Waals surface area (Å²) in [5.74, 6) is -2.52. The highest BCUT2D eigenvalue weighted by molar-refractivity contribution is 6.62. The zero-order valence-electron chi connectivity index (χ0n) is 14.8. The molecule has 2 aliphatic rings. The molecule has 1 saturated carbocycles. The molecule has 0 unspecified atom stereocenters. The van der Waals surface area contributed by atoms with Gasteiger partial charge in [-0.2, -0.15) is 0 Å². The van der Waals surface area contributed by atoms with E-state index in [0.717, 1.165) is 16.6 Å². The Hall–Kier alpha value is -0.935. The summed E-state index contributed by atoms with van der Waals surface area (Å²) >= 11 is 0. The summed E-state index contributed by atoms with van der Waals surface area (Å²) in [6.07, 6.45) is -0.148. The average molecular weight is 322 g/mol. The molecule has 1 heterocycles. The molecule has 23 heavy (non-hydrogen) atoms. The van der Waals surface area contributed by atoms with Crippen molar-refractivity contribution in [3.8, 4) is 0 Å². The fourth-order valence-electron chi connectivity index (χ4n) is 3.58. The second-order valence-corrected chi connectivity index (χ2v) is 8.43. The molecule has 126 valence electrons. The van der Waals surface area contributed by atoms with E-state index in [-0.39, 0.29) is 24.0 Å². The Morgan fingerprint density at radius 1 is 0.957 bits per heavy atom. The van der Waals surface area contributed by atoms with Crippen LogP contribution in [0.5, 0.6) is 0 Å². The highest BCUT2D eigenvalue weighted by atomic mass is 19.3. The maximum absolute atomic E-state index is 13.3. The van der Waals surface area contributed by atoms with Crippen LogP contribution in [0, 0.1) is 6.92 Å². The van der Waals surface area contributed by atoms with E-state index in [1.54, 1.807) is 0 Å². The molecular formula is C18H25BF2O2. The highest BCUT2D eigenvalue weighted by Gasteiger charge is 2.55. The van der Waals surface area contributed by atoms with Crippen LogP contribution in [0.25, 0.3) is 0 Å². The van der Waals surface area contributed by atoms with Crippen molar-refractivity contribution in [2.45, 2.75) is 76.9 Å². The van der Waals surface area contributed by atoms with E-state index in [2.05, 4.69) is 0 Å². The Balaban J connectivity index is 1.85. The molecule has 5 heteroatoms.